The third-order valence-electron chi connectivity index (χ3n) is 4.96. The highest BCUT2D eigenvalue weighted by molar-refractivity contribution is 7.92. The molecule has 1 aliphatic heterocycles. The van der Waals surface area contributed by atoms with E-state index in [1.54, 1.807) is 13.8 Å². The molecule has 0 amide bonds. The molecule has 0 aromatic rings. The first-order valence-electron chi connectivity index (χ1n) is 7.80. The van der Waals surface area contributed by atoms with Crippen molar-refractivity contribution in [1.82, 2.24) is 10.2 Å². The van der Waals surface area contributed by atoms with E-state index in [0.29, 0.717) is 6.54 Å². The van der Waals surface area contributed by atoms with E-state index in [9.17, 15) is 8.42 Å². The molecule has 20 heavy (non-hydrogen) atoms. The van der Waals surface area contributed by atoms with Crippen molar-refractivity contribution in [3.63, 3.8) is 0 Å². The Balaban J connectivity index is 2.79. The van der Waals surface area contributed by atoms with E-state index in [0.717, 1.165) is 25.9 Å². The average molecular weight is 305 g/mol. The van der Waals surface area contributed by atoms with Crippen LogP contribution in [0.1, 0.15) is 54.4 Å². The second kappa shape index (κ2) is 6.32. The van der Waals surface area contributed by atoms with Crippen LogP contribution in [0.25, 0.3) is 0 Å². The second-order valence-electron chi connectivity index (χ2n) is 6.99. The third kappa shape index (κ3) is 3.95. The van der Waals surface area contributed by atoms with Crippen LogP contribution < -0.4 is 5.32 Å². The van der Waals surface area contributed by atoms with Gasteiger partial charge >= 0.3 is 0 Å². The minimum absolute atomic E-state index is 0.0142. The van der Waals surface area contributed by atoms with Gasteiger partial charge < -0.3 is 5.32 Å². The highest BCUT2D eigenvalue weighted by Gasteiger charge is 2.40. The van der Waals surface area contributed by atoms with Gasteiger partial charge in [0.15, 0.2) is 9.84 Å². The van der Waals surface area contributed by atoms with Gasteiger partial charge in [0, 0.05) is 30.7 Å². The summed E-state index contributed by atoms with van der Waals surface area (Å²) in [5, 5.41) is 3.40. The molecular formula is C15H32N2O2S. The van der Waals surface area contributed by atoms with Gasteiger partial charge in [-0.05, 0) is 40.5 Å². The topological polar surface area (TPSA) is 49.4 Å². The lowest BCUT2D eigenvalue weighted by Gasteiger charge is -2.52. The largest absolute Gasteiger partial charge is 0.308 e. The molecule has 0 saturated carbocycles. The van der Waals surface area contributed by atoms with Gasteiger partial charge in [-0.3, -0.25) is 4.90 Å². The van der Waals surface area contributed by atoms with Gasteiger partial charge in [-0.2, -0.15) is 0 Å². The molecule has 1 saturated heterocycles. The average Bonchev–Trinajstić information content (AvgIpc) is 2.38. The Labute approximate surface area is 125 Å². The first kappa shape index (κ1) is 17.9. The first-order chi connectivity index (χ1) is 9.08. The van der Waals surface area contributed by atoms with Gasteiger partial charge in [-0.15, -0.1) is 0 Å². The van der Waals surface area contributed by atoms with Gasteiger partial charge in [-0.1, -0.05) is 13.8 Å². The molecule has 4 nitrogen and oxygen atoms in total. The smallest absolute Gasteiger partial charge is 0.153 e. The van der Waals surface area contributed by atoms with Gasteiger partial charge in [0.05, 0.1) is 11.0 Å². The Hall–Kier alpha value is -0.130. The van der Waals surface area contributed by atoms with Crippen LogP contribution in [-0.2, 0) is 9.84 Å². The van der Waals surface area contributed by atoms with Crippen LogP contribution in [0.5, 0.6) is 0 Å². The molecule has 0 radical (unpaired) electrons. The minimum Gasteiger partial charge on any atom is -0.308 e. The van der Waals surface area contributed by atoms with E-state index in [4.69, 9.17) is 0 Å². The van der Waals surface area contributed by atoms with Gasteiger partial charge in [0.1, 0.15) is 0 Å². The Morgan fingerprint density at radius 1 is 1.20 bits per heavy atom. The first-order valence-corrected chi connectivity index (χ1v) is 9.52. The molecule has 1 rings (SSSR count). The number of hydrogen-bond acceptors (Lipinski definition) is 4. The van der Waals surface area contributed by atoms with E-state index in [-0.39, 0.29) is 22.1 Å². The Morgan fingerprint density at radius 3 is 2.20 bits per heavy atom. The summed E-state index contributed by atoms with van der Waals surface area (Å²) in [6, 6.07) is 0. The lowest BCUT2D eigenvalue weighted by atomic mass is 9.85. The Kier molecular flexibility index (Phi) is 5.67. The normalized spacial score (nSPS) is 23.1. The monoisotopic (exact) mass is 304 g/mol. The summed E-state index contributed by atoms with van der Waals surface area (Å²) in [6.45, 7) is 14.8. The SMILES string of the molecule is CCC1(CC)CN(CCS(=O)(=O)C(C)C)C(C)(C)CN1. The summed E-state index contributed by atoms with van der Waals surface area (Å²) >= 11 is 0. The number of nitrogens with zero attached hydrogens (tertiary/aromatic N) is 1. The van der Waals surface area contributed by atoms with Crippen LogP contribution in [0.3, 0.4) is 0 Å². The van der Waals surface area contributed by atoms with Crippen LogP contribution >= 0.6 is 0 Å². The van der Waals surface area contributed by atoms with Crippen LogP contribution in [-0.4, -0.2) is 55.0 Å². The van der Waals surface area contributed by atoms with Crippen molar-refractivity contribution in [1.29, 1.82) is 0 Å². The molecule has 0 unspecified atom stereocenters. The number of sulfone groups is 1. The van der Waals surface area contributed by atoms with Crippen molar-refractivity contribution in [2.24, 2.45) is 0 Å². The van der Waals surface area contributed by atoms with Gasteiger partial charge in [0.2, 0.25) is 0 Å². The fourth-order valence-corrected chi connectivity index (χ4v) is 3.68. The fraction of sp³-hybridized carbons (Fsp3) is 1.00. The molecule has 1 heterocycles. The van der Waals surface area contributed by atoms with E-state index in [1.165, 1.54) is 0 Å². The predicted octanol–water partition coefficient (Wildman–Crippen LogP) is 2.05. The summed E-state index contributed by atoms with van der Waals surface area (Å²) in [5.41, 5.74) is 0.150. The van der Waals surface area contributed by atoms with Crippen LogP contribution in [0, 0.1) is 0 Å². The van der Waals surface area contributed by atoms with E-state index < -0.39 is 9.84 Å². The van der Waals surface area contributed by atoms with Crippen molar-refractivity contribution in [3.8, 4) is 0 Å². The van der Waals surface area contributed by atoms with Crippen LogP contribution in [0.2, 0.25) is 0 Å². The van der Waals surface area contributed by atoms with E-state index in [2.05, 4.69) is 37.9 Å². The zero-order chi connectivity index (χ0) is 15.6. The van der Waals surface area contributed by atoms with Crippen LogP contribution in [0.15, 0.2) is 0 Å². The number of piperazine rings is 1. The predicted molar refractivity (Wildman–Crippen MR) is 85.9 cm³/mol. The molecule has 1 N–H and O–H groups in total. The number of rotatable bonds is 6. The fourth-order valence-electron chi connectivity index (χ4n) is 2.73. The molecule has 5 heteroatoms. The third-order valence-corrected chi connectivity index (χ3v) is 7.15. The summed E-state index contributed by atoms with van der Waals surface area (Å²) in [5.74, 6) is 0.262. The van der Waals surface area contributed by atoms with Crippen molar-refractivity contribution in [2.75, 3.05) is 25.4 Å². The summed E-state index contributed by atoms with van der Waals surface area (Å²) in [7, 11) is -2.96. The van der Waals surface area contributed by atoms with Crippen molar-refractivity contribution < 1.29 is 8.42 Å². The summed E-state index contributed by atoms with van der Waals surface area (Å²) in [6.07, 6.45) is 2.15. The second-order valence-corrected chi connectivity index (χ2v) is 9.67. The van der Waals surface area contributed by atoms with E-state index in [1.807, 2.05) is 0 Å². The maximum atomic E-state index is 12.0. The molecule has 0 aliphatic carbocycles. The van der Waals surface area contributed by atoms with Crippen LogP contribution in [0.4, 0.5) is 0 Å². The molecule has 1 fully saturated rings. The molecule has 0 atom stereocenters. The number of hydrogen-bond donors (Lipinski definition) is 1. The van der Waals surface area contributed by atoms with Gasteiger partial charge in [0.25, 0.3) is 0 Å². The maximum Gasteiger partial charge on any atom is 0.153 e. The Morgan fingerprint density at radius 2 is 1.75 bits per heavy atom. The number of nitrogens with one attached hydrogen (secondary N) is 1. The molecule has 120 valence electrons. The van der Waals surface area contributed by atoms with E-state index >= 15 is 0 Å². The highest BCUT2D eigenvalue weighted by Crippen LogP contribution is 2.28. The van der Waals surface area contributed by atoms with Crippen molar-refractivity contribution in [3.05, 3.63) is 0 Å². The highest BCUT2D eigenvalue weighted by atomic mass is 32.2. The summed E-state index contributed by atoms with van der Waals surface area (Å²) < 4.78 is 24.1. The quantitative estimate of drug-likeness (QED) is 0.816. The molecule has 1 aliphatic rings. The zero-order valence-corrected chi connectivity index (χ0v) is 14.8. The molecule has 0 aromatic heterocycles. The van der Waals surface area contributed by atoms with Gasteiger partial charge in [-0.25, -0.2) is 8.42 Å². The molecule has 0 aromatic carbocycles. The Bertz CT molecular complexity index is 412. The maximum absolute atomic E-state index is 12.0. The zero-order valence-electron chi connectivity index (χ0n) is 14.0. The standard InChI is InChI=1S/C15H32N2O2S/c1-7-15(8-2)12-17(14(5,6)11-16-15)9-10-20(18,19)13(3)4/h13,16H,7-12H2,1-6H3. The lowest BCUT2D eigenvalue weighted by Crippen LogP contribution is -2.68. The molecule has 0 bridgehead atoms. The van der Waals surface area contributed by atoms with Crippen molar-refractivity contribution >= 4 is 9.84 Å². The van der Waals surface area contributed by atoms with Crippen molar-refractivity contribution in [2.45, 2.75) is 70.7 Å². The molecule has 0 spiro atoms. The lowest BCUT2D eigenvalue weighted by molar-refractivity contribution is 0.0276. The molecular weight excluding hydrogens is 272 g/mol. The minimum atomic E-state index is -2.96. The summed E-state index contributed by atoms with van der Waals surface area (Å²) in [4.78, 5) is 2.36.